The van der Waals surface area contributed by atoms with Crippen LogP contribution in [0.3, 0.4) is 0 Å². The average Bonchev–Trinajstić information content (AvgIpc) is 3.84. The second-order valence-electron chi connectivity index (χ2n) is 10.6. The molecule has 2 amide bonds. The van der Waals surface area contributed by atoms with E-state index in [1.807, 2.05) is 48.5 Å². The molecule has 8 nitrogen and oxygen atoms in total. The SMILES string of the molecule is O=C(NCc1cccnc1)[C@@H](c1ccccc1)N(Cc1ccc(Cl)cc1)C(=O)CCc1ccc(S(=O)(=O)NC2CC2)cc1. The Morgan fingerprint density at radius 2 is 1.58 bits per heavy atom. The fourth-order valence-corrected chi connectivity index (χ4v) is 6.16. The molecule has 222 valence electrons. The summed E-state index contributed by atoms with van der Waals surface area (Å²) in [5, 5.41) is 3.56. The van der Waals surface area contributed by atoms with Gasteiger partial charge in [-0.1, -0.05) is 72.3 Å². The highest BCUT2D eigenvalue weighted by Crippen LogP contribution is 2.26. The van der Waals surface area contributed by atoms with Crippen LogP contribution in [0.25, 0.3) is 0 Å². The summed E-state index contributed by atoms with van der Waals surface area (Å²) in [5.41, 5.74) is 3.18. The van der Waals surface area contributed by atoms with Crippen molar-refractivity contribution in [2.24, 2.45) is 0 Å². The number of rotatable bonds is 13. The minimum Gasteiger partial charge on any atom is -0.350 e. The predicted octanol–water partition coefficient (Wildman–Crippen LogP) is 5.19. The lowest BCUT2D eigenvalue weighted by molar-refractivity contribution is -0.141. The zero-order chi connectivity index (χ0) is 30.2. The van der Waals surface area contributed by atoms with Gasteiger partial charge in [-0.2, -0.15) is 0 Å². The maximum Gasteiger partial charge on any atom is 0.247 e. The molecular formula is C33H33ClN4O4S. The van der Waals surface area contributed by atoms with Gasteiger partial charge in [0.05, 0.1) is 4.90 Å². The molecule has 43 heavy (non-hydrogen) atoms. The first-order valence-corrected chi connectivity index (χ1v) is 16.0. The smallest absolute Gasteiger partial charge is 0.247 e. The zero-order valence-electron chi connectivity index (χ0n) is 23.5. The molecule has 0 spiro atoms. The molecule has 1 saturated carbocycles. The van der Waals surface area contributed by atoms with Crippen molar-refractivity contribution in [1.82, 2.24) is 19.9 Å². The molecule has 10 heteroatoms. The van der Waals surface area contributed by atoms with Crippen LogP contribution in [0.5, 0.6) is 0 Å². The molecule has 1 aliphatic carbocycles. The molecule has 3 aromatic carbocycles. The first-order chi connectivity index (χ1) is 20.8. The van der Waals surface area contributed by atoms with Gasteiger partial charge in [-0.05, 0) is 71.8 Å². The van der Waals surface area contributed by atoms with E-state index >= 15 is 0 Å². The molecule has 1 aliphatic rings. The number of hydrogen-bond acceptors (Lipinski definition) is 5. The standard InChI is InChI=1S/C33H33ClN4O4S/c34-28-13-8-25(9-14-28)23-38(31(39)19-12-24-10-17-30(18-11-24)43(41,42)37-29-15-16-29)32(27-6-2-1-3-7-27)33(40)36-22-26-5-4-20-35-21-26/h1-11,13-14,17-18,20-21,29,32,37H,12,15-16,19,22-23H2,(H,36,40)/t32-/m1/s1. The normalized spacial score (nSPS) is 13.7. The fourth-order valence-electron chi connectivity index (χ4n) is 4.73. The van der Waals surface area contributed by atoms with E-state index in [0.29, 0.717) is 17.0 Å². The van der Waals surface area contributed by atoms with Gasteiger partial charge < -0.3 is 10.2 Å². The highest BCUT2D eigenvalue weighted by molar-refractivity contribution is 7.89. The number of sulfonamides is 1. The molecule has 1 fully saturated rings. The number of nitrogens with zero attached hydrogens (tertiary/aromatic N) is 2. The third kappa shape index (κ3) is 8.50. The molecule has 5 rings (SSSR count). The molecule has 2 N–H and O–H groups in total. The van der Waals surface area contributed by atoms with Crippen molar-refractivity contribution in [1.29, 1.82) is 0 Å². The van der Waals surface area contributed by atoms with Crippen molar-refractivity contribution in [2.75, 3.05) is 0 Å². The third-order valence-corrected chi connectivity index (χ3v) is 9.00. The third-order valence-electron chi connectivity index (χ3n) is 7.21. The summed E-state index contributed by atoms with van der Waals surface area (Å²) in [5.74, 6) is -0.525. The predicted molar refractivity (Wildman–Crippen MR) is 165 cm³/mol. The Bertz CT molecular complexity index is 1630. The molecule has 0 aliphatic heterocycles. The summed E-state index contributed by atoms with van der Waals surface area (Å²) in [4.78, 5) is 33.6. The van der Waals surface area contributed by atoms with Crippen molar-refractivity contribution in [3.05, 3.63) is 131 Å². The summed E-state index contributed by atoms with van der Waals surface area (Å²) in [6, 6.07) is 25.8. The Hall–Kier alpha value is -4.05. The van der Waals surface area contributed by atoms with Crippen LogP contribution in [-0.2, 0) is 39.1 Å². The van der Waals surface area contributed by atoms with Gasteiger partial charge in [-0.15, -0.1) is 0 Å². The molecule has 0 bridgehead atoms. The number of carbonyl (C=O) groups is 2. The Balaban J connectivity index is 1.37. The minimum absolute atomic E-state index is 0.0213. The van der Waals surface area contributed by atoms with Crippen molar-refractivity contribution in [2.45, 2.75) is 55.8 Å². The molecule has 1 heterocycles. The number of hydrogen-bond donors (Lipinski definition) is 2. The van der Waals surface area contributed by atoms with Crippen LogP contribution in [0.4, 0.5) is 0 Å². The summed E-state index contributed by atoms with van der Waals surface area (Å²) in [7, 11) is -3.56. The molecule has 1 atom stereocenters. The molecular weight excluding hydrogens is 584 g/mol. The Morgan fingerprint density at radius 1 is 0.884 bits per heavy atom. The van der Waals surface area contributed by atoms with Crippen molar-refractivity contribution in [3.63, 3.8) is 0 Å². The lowest BCUT2D eigenvalue weighted by Crippen LogP contribution is -2.43. The fraction of sp³-hybridized carbons (Fsp3) is 0.242. The minimum atomic E-state index is -3.56. The Morgan fingerprint density at radius 3 is 2.23 bits per heavy atom. The van der Waals surface area contributed by atoms with Gasteiger partial charge in [0.25, 0.3) is 0 Å². The molecule has 0 radical (unpaired) electrons. The van der Waals surface area contributed by atoms with E-state index in [1.54, 1.807) is 59.8 Å². The van der Waals surface area contributed by atoms with E-state index in [1.165, 1.54) is 0 Å². The second-order valence-corrected chi connectivity index (χ2v) is 12.7. The molecule has 1 aromatic heterocycles. The van der Waals surface area contributed by atoms with Gasteiger partial charge in [-0.3, -0.25) is 14.6 Å². The lowest BCUT2D eigenvalue weighted by Gasteiger charge is -2.32. The lowest BCUT2D eigenvalue weighted by atomic mass is 10.0. The number of nitrogens with one attached hydrogen (secondary N) is 2. The molecule has 0 saturated heterocycles. The second kappa shape index (κ2) is 13.9. The quantitative estimate of drug-likeness (QED) is 0.215. The number of carbonyl (C=O) groups excluding carboxylic acids is 2. The van der Waals surface area contributed by atoms with Crippen LogP contribution in [0.1, 0.15) is 47.6 Å². The zero-order valence-corrected chi connectivity index (χ0v) is 25.1. The van der Waals surface area contributed by atoms with Gasteiger partial charge in [0.15, 0.2) is 0 Å². The van der Waals surface area contributed by atoms with E-state index in [9.17, 15) is 18.0 Å². The van der Waals surface area contributed by atoms with E-state index < -0.39 is 16.1 Å². The van der Waals surface area contributed by atoms with Crippen molar-refractivity contribution in [3.8, 4) is 0 Å². The van der Waals surface area contributed by atoms with Crippen molar-refractivity contribution >= 4 is 33.4 Å². The Labute approximate surface area is 257 Å². The Kier molecular flexibility index (Phi) is 9.86. The van der Waals surface area contributed by atoms with Gasteiger partial charge in [0.1, 0.15) is 6.04 Å². The number of benzene rings is 3. The van der Waals surface area contributed by atoms with Crippen LogP contribution in [0.15, 0.2) is 108 Å². The largest absolute Gasteiger partial charge is 0.350 e. The summed E-state index contributed by atoms with van der Waals surface area (Å²) < 4.78 is 27.8. The highest BCUT2D eigenvalue weighted by Gasteiger charge is 2.31. The summed E-state index contributed by atoms with van der Waals surface area (Å²) in [6.07, 6.45) is 5.58. The van der Waals surface area contributed by atoms with Gasteiger partial charge in [0, 0.05) is 43.0 Å². The van der Waals surface area contributed by atoms with E-state index in [-0.39, 0.29) is 42.3 Å². The number of aromatic nitrogens is 1. The number of amides is 2. The maximum absolute atomic E-state index is 13.9. The first kappa shape index (κ1) is 30.4. The maximum atomic E-state index is 13.9. The molecule has 0 unspecified atom stereocenters. The number of pyridine rings is 1. The first-order valence-electron chi connectivity index (χ1n) is 14.2. The number of aryl methyl sites for hydroxylation is 1. The topological polar surface area (TPSA) is 108 Å². The summed E-state index contributed by atoms with van der Waals surface area (Å²) in [6.45, 7) is 0.462. The average molecular weight is 617 g/mol. The highest BCUT2D eigenvalue weighted by atomic mass is 35.5. The van der Waals surface area contributed by atoms with E-state index in [4.69, 9.17) is 11.6 Å². The van der Waals surface area contributed by atoms with Crippen molar-refractivity contribution < 1.29 is 18.0 Å². The molecule has 4 aromatic rings. The van der Waals surface area contributed by atoms with Crippen LogP contribution in [-0.4, -0.2) is 36.2 Å². The monoisotopic (exact) mass is 616 g/mol. The van der Waals surface area contributed by atoms with E-state index in [0.717, 1.165) is 29.5 Å². The van der Waals surface area contributed by atoms with Crippen LogP contribution in [0, 0.1) is 0 Å². The summed E-state index contributed by atoms with van der Waals surface area (Å²) >= 11 is 6.11. The van der Waals surface area contributed by atoms with Crippen LogP contribution >= 0.6 is 11.6 Å². The van der Waals surface area contributed by atoms with Gasteiger partial charge >= 0.3 is 0 Å². The van der Waals surface area contributed by atoms with Crippen LogP contribution < -0.4 is 10.0 Å². The number of halogens is 1. The van der Waals surface area contributed by atoms with Crippen LogP contribution in [0.2, 0.25) is 5.02 Å². The van der Waals surface area contributed by atoms with E-state index in [2.05, 4.69) is 15.0 Å². The van der Waals surface area contributed by atoms with Gasteiger partial charge in [0.2, 0.25) is 21.8 Å². The van der Waals surface area contributed by atoms with Gasteiger partial charge in [-0.25, -0.2) is 13.1 Å².